The number of benzene rings is 5. The summed E-state index contributed by atoms with van der Waals surface area (Å²) in [6.07, 6.45) is -4.40. The second-order valence-corrected chi connectivity index (χ2v) is 11.6. The Hall–Kier alpha value is -4.53. The first-order valence-electron chi connectivity index (χ1n) is 14.1. The van der Waals surface area contributed by atoms with Gasteiger partial charge in [0.25, 0.3) is 0 Å². The van der Waals surface area contributed by atoms with Crippen molar-refractivity contribution in [2.75, 3.05) is 5.75 Å². The molecule has 1 atom stereocenters. The topological polar surface area (TPSA) is 62.5 Å². The maximum atomic E-state index is 12.8. The zero-order valence-corrected chi connectivity index (χ0v) is 24.3. The number of thioether (sulfide) groups is 1. The van der Waals surface area contributed by atoms with E-state index in [-0.39, 0.29) is 6.54 Å². The van der Waals surface area contributed by atoms with Gasteiger partial charge in [0.1, 0.15) is 17.2 Å². The van der Waals surface area contributed by atoms with Crippen LogP contribution in [0.2, 0.25) is 0 Å². The molecule has 0 amide bonds. The Kier molecular flexibility index (Phi) is 8.46. The highest BCUT2D eigenvalue weighted by atomic mass is 32.2. The molecule has 0 saturated heterocycles. The average molecular weight is 612 g/mol. The van der Waals surface area contributed by atoms with Crippen LogP contribution in [-0.4, -0.2) is 22.9 Å². The van der Waals surface area contributed by atoms with Crippen LogP contribution in [0.4, 0.5) is 13.2 Å². The lowest BCUT2D eigenvalue weighted by atomic mass is 9.98. The van der Waals surface area contributed by atoms with Crippen molar-refractivity contribution in [3.63, 3.8) is 0 Å². The van der Waals surface area contributed by atoms with E-state index in [2.05, 4.69) is 66.0 Å². The van der Waals surface area contributed by atoms with Gasteiger partial charge in [-0.05, 0) is 46.0 Å². The lowest BCUT2D eigenvalue weighted by molar-refractivity contribution is -0.139. The molecule has 1 unspecified atom stereocenters. The molecule has 44 heavy (non-hydrogen) atoms. The number of hydrogen-bond donors (Lipinski definition) is 2. The van der Waals surface area contributed by atoms with Crippen molar-refractivity contribution < 1.29 is 27.5 Å². The van der Waals surface area contributed by atoms with E-state index in [9.17, 15) is 23.1 Å². The number of fused-ring (bicyclic) bond motifs is 3. The van der Waals surface area contributed by atoms with Crippen LogP contribution in [-0.2, 0) is 23.3 Å². The van der Waals surface area contributed by atoms with E-state index in [1.807, 2.05) is 30.3 Å². The molecule has 6 aromatic rings. The number of carboxylic acid groups (broad SMARTS) is 1. The molecule has 2 N–H and O–H groups in total. The maximum absolute atomic E-state index is 12.8. The molecular weight excluding hydrogens is 583 g/mol. The monoisotopic (exact) mass is 611 g/mol. The summed E-state index contributed by atoms with van der Waals surface area (Å²) in [4.78, 5) is 11.7. The highest BCUT2D eigenvalue weighted by Gasteiger charge is 2.30. The zero-order valence-electron chi connectivity index (χ0n) is 23.5. The summed E-state index contributed by atoms with van der Waals surface area (Å²) in [5.41, 5.74) is 6.96. The van der Waals surface area contributed by atoms with Crippen LogP contribution in [0, 0.1) is 0 Å². The van der Waals surface area contributed by atoms with Crippen molar-refractivity contribution >= 4 is 39.7 Å². The van der Waals surface area contributed by atoms with Crippen LogP contribution in [0.15, 0.2) is 120 Å². The van der Waals surface area contributed by atoms with Crippen LogP contribution in [0.3, 0.4) is 0 Å². The van der Waals surface area contributed by atoms with Gasteiger partial charge in [0, 0.05) is 34.4 Å². The van der Waals surface area contributed by atoms with Gasteiger partial charge >= 0.3 is 12.1 Å². The van der Waals surface area contributed by atoms with Gasteiger partial charge in [-0.3, -0.25) is 10.1 Å². The third kappa shape index (κ3) is 6.51. The van der Waals surface area contributed by atoms with Gasteiger partial charge in [0.2, 0.25) is 0 Å². The fourth-order valence-electron chi connectivity index (χ4n) is 5.17. The molecule has 0 aliphatic carbocycles. The Morgan fingerprint density at radius 1 is 0.750 bits per heavy atom. The summed E-state index contributed by atoms with van der Waals surface area (Å²) in [7, 11) is 0. The zero-order chi connectivity index (χ0) is 30.7. The van der Waals surface area contributed by atoms with Gasteiger partial charge in [0.15, 0.2) is 0 Å². The Bertz CT molecular complexity index is 1900. The Balaban J connectivity index is 1.05. The summed E-state index contributed by atoms with van der Waals surface area (Å²) < 4.78 is 44.5. The van der Waals surface area contributed by atoms with Crippen LogP contribution < -0.4 is 5.32 Å². The van der Waals surface area contributed by atoms with Gasteiger partial charge < -0.3 is 9.52 Å². The van der Waals surface area contributed by atoms with Crippen LogP contribution in [0.25, 0.3) is 44.2 Å². The highest BCUT2D eigenvalue weighted by molar-refractivity contribution is 7.98. The number of halogens is 3. The average Bonchev–Trinajstić information content (AvgIpc) is 3.42. The van der Waals surface area contributed by atoms with Gasteiger partial charge in [0.05, 0.1) is 5.56 Å². The summed E-state index contributed by atoms with van der Waals surface area (Å²) in [5.74, 6) is -0.0522. The molecule has 4 nitrogen and oxygen atoms in total. The number of hydrogen-bond acceptors (Lipinski definition) is 4. The lowest BCUT2D eigenvalue weighted by Gasteiger charge is -2.15. The van der Waals surface area contributed by atoms with E-state index in [0.717, 1.165) is 61.9 Å². The largest absolute Gasteiger partial charge is 0.480 e. The third-order valence-corrected chi connectivity index (χ3v) is 8.68. The Labute approximate surface area is 256 Å². The smallest absolute Gasteiger partial charge is 0.416 e. The predicted octanol–water partition coefficient (Wildman–Crippen LogP) is 9.41. The van der Waals surface area contributed by atoms with E-state index < -0.39 is 23.8 Å². The van der Waals surface area contributed by atoms with Crippen molar-refractivity contribution in [1.29, 1.82) is 0 Å². The second kappa shape index (κ2) is 12.6. The number of rotatable bonds is 10. The van der Waals surface area contributed by atoms with Crippen LogP contribution in [0.1, 0.15) is 16.7 Å². The van der Waals surface area contributed by atoms with Gasteiger partial charge in [-0.25, -0.2) is 0 Å². The van der Waals surface area contributed by atoms with Crippen molar-refractivity contribution in [2.24, 2.45) is 0 Å². The van der Waals surface area contributed by atoms with E-state index >= 15 is 0 Å². The van der Waals surface area contributed by atoms with Crippen molar-refractivity contribution in [3.05, 3.63) is 132 Å². The molecule has 0 bridgehead atoms. The Morgan fingerprint density at radius 2 is 1.36 bits per heavy atom. The number of carboxylic acids is 1. The molecule has 0 aliphatic rings. The number of aliphatic carboxylic acids is 1. The molecule has 5 aromatic carbocycles. The van der Waals surface area contributed by atoms with Crippen LogP contribution in [0.5, 0.6) is 0 Å². The number of alkyl halides is 3. The maximum Gasteiger partial charge on any atom is 0.416 e. The highest BCUT2D eigenvalue weighted by Crippen LogP contribution is 2.36. The Morgan fingerprint density at radius 3 is 2.05 bits per heavy atom. The summed E-state index contributed by atoms with van der Waals surface area (Å²) in [5, 5.41) is 14.7. The number of para-hydroxylation sites is 2. The van der Waals surface area contributed by atoms with Crippen molar-refractivity contribution in [1.82, 2.24) is 5.32 Å². The molecule has 8 heteroatoms. The lowest BCUT2D eigenvalue weighted by Crippen LogP contribution is -2.38. The number of nitrogens with one attached hydrogen (secondary N) is 1. The first-order valence-corrected chi connectivity index (χ1v) is 15.2. The minimum absolute atomic E-state index is 0.163. The summed E-state index contributed by atoms with van der Waals surface area (Å²) >= 11 is 1.49. The SMILES string of the molecule is O=C(O)C(CSCc1ccc(-c2ccc(-c3cccc4c3oc3ccccc34)cc2)cc1)NCc1ccc(C(F)(F)F)cc1. The molecule has 0 saturated carbocycles. The second-order valence-electron chi connectivity index (χ2n) is 10.5. The molecule has 0 aliphatic heterocycles. The van der Waals surface area contributed by atoms with Crippen molar-refractivity contribution in [3.8, 4) is 22.3 Å². The number of carbonyl (C=O) groups is 1. The number of furan rings is 1. The molecule has 1 aromatic heterocycles. The fraction of sp³-hybridized carbons (Fsp3) is 0.139. The molecule has 0 fully saturated rings. The van der Waals surface area contributed by atoms with Gasteiger partial charge in [-0.15, -0.1) is 0 Å². The molecule has 0 spiro atoms. The van der Waals surface area contributed by atoms with E-state index in [0.29, 0.717) is 17.1 Å². The molecule has 222 valence electrons. The van der Waals surface area contributed by atoms with Crippen LogP contribution >= 0.6 is 11.8 Å². The normalized spacial score (nSPS) is 12.5. The van der Waals surface area contributed by atoms with Gasteiger partial charge in [-0.2, -0.15) is 24.9 Å². The molecule has 1 heterocycles. The molecule has 0 radical (unpaired) electrons. The van der Waals surface area contributed by atoms with E-state index in [4.69, 9.17) is 4.42 Å². The quantitative estimate of drug-likeness (QED) is 0.162. The fourth-order valence-corrected chi connectivity index (χ4v) is 6.22. The standard InChI is InChI=1S/C36H28F3NO3S/c37-36(38,39)28-18-10-23(11-19-28)20-40-32(35(41)42)22-44-21-24-8-12-25(13-9-24)26-14-16-27(17-15-26)29-5-3-6-31-30-4-1-2-7-33(30)43-34(29)31/h1-19,32,40H,20-22H2,(H,41,42). The first kappa shape index (κ1) is 29.5. The minimum atomic E-state index is -4.40. The minimum Gasteiger partial charge on any atom is -0.480 e. The van der Waals surface area contributed by atoms with Crippen molar-refractivity contribution in [2.45, 2.75) is 24.5 Å². The molecule has 6 rings (SSSR count). The first-order chi connectivity index (χ1) is 21.3. The van der Waals surface area contributed by atoms with Gasteiger partial charge in [-0.1, -0.05) is 97.1 Å². The predicted molar refractivity (Wildman–Crippen MR) is 170 cm³/mol. The van der Waals surface area contributed by atoms with E-state index in [1.54, 1.807) is 0 Å². The summed E-state index contributed by atoms with van der Waals surface area (Å²) in [6.45, 7) is 0.163. The molecular formula is C36H28F3NO3S. The van der Waals surface area contributed by atoms with E-state index in [1.165, 1.54) is 23.9 Å². The summed E-state index contributed by atoms with van der Waals surface area (Å²) in [6, 6.07) is 34.8. The third-order valence-electron chi connectivity index (χ3n) is 7.57.